The molecule has 0 spiro atoms. The van der Waals surface area contributed by atoms with Gasteiger partial charge in [-0.15, -0.1) is 0 Å². The van der Waals surface area contributed by atoms with Crippen LogP contribution in [0.15, 0.2) is 4.99 Å². The van der Waals surface area contributed by atoms with Gasteiger partial charge in [-0.25, -0.2) is 0 Å². The molecule has 2 unspecified atom stereocenters. The van der Waals surface area contributed by atoms with Crippen LogP contribution in [0.3, 0.4) is 0 Å². The molecular weight excluding hydrogens is 759 g/mol. The van der Waals surface area contributed by atoms with Crippen molar-refractivity contribution >= 4 is 11.9 Å². The van der Waals surface area contributed by atoms with E-state index in [-0.39, 0.29) is 20.9 Å². The number of ether oxygens (including phenoxy) is 3. The van der Waals surface area contributed by atoms with Crippen molar-refractivity contribution in [2.75, 3.05) is 53.7 Å². The van der Waals surface area contributed by atoms with E-state index in [1.54, 1.807) is 0 Å². The Morgan fingerprint density at radius 1 is 0.607 bits per heavy atom. The van der Waals surface area contributed by atoms with Gasteiger partial charge in [-0.1, -0.05) is 183 Å². The van der Waals surface area contributed by atoms with Crippen LogP contribution in [0.1, 0.15) is 255 Å². The Bertz CT molecular complexity index is 981. The molecular formula is C52H107N5O4. The molecule has 0 bridgehead atoms. The molecule has 0 heterocycles. The standard InChI is InChI=1S/C51H101N5O4.CH4.H2/c1-7-11-14-17-23-29-37-48(10-4)60-50(57)40-32-25-21-27-34-43-56(44-36-41-53-51(54-46-52)55(5)6)42-33-26-19-20-28-35-45-58-47-59-49(38-30-22-16-13-9-3)39-31-24-18-15-12-8-2;;/h48-49H,7-45,47H2,1-6H3,(H,53,54);1H4;1H. The summed E-state index contributed by atoms with van der Waals surface area (Å²) < 4.78 is 18.0. The smallest absolute Gasteiger partial charge is 0.306 e. The number of nitrogens with one attached hydrogen (secondary N) is 1. The minimum atomic E-state index is -0.00638. The number of nitriles is 1. The summed E-state index contributed by atoms with van der Waals surface area (Å²) in [6, 6.07) is 0. The lowest BCUT2D eigenvalue weighted by atomic mass is 10.0. The quantitative estimate of drug-likeness (QED) is 0.0123. The van der Waals surface area contributed by atoms with Crippen LogP contribution in [0.25, 0.3) is 0 Å². The number of guanidine groups is 1. The fourth-order valence-electron chi connectivity index (χ4n) is 7.92. The van der Waals surface area contributed by atoms with Crippen molar-refractivity contribution in [1.29, 1.82) is 5.26 Å². The molecule has 0 amide bonds. The molecule has 1 N–H and O–H groups in total. The number of carbonyl (C=O) groups is 1. The maximum atomic E-state index is 12.5. The highest BCUT2D eigenvalue weighted by molar-refractivity contribution is 5.80. The molecule has 61 heavy (non-hydrogen) atoms. The summed E-state index contributed by atoms with van der Waals surface area (Å²) >= 11 is 0. The third kappa shape index (κ3) is 43.2. The summed E-state index contributed by atoms with van der Waals surface area (Å²) in [7, 11) is 3.81. The highest BCUT2D eigenvalue weighted by atomic mass is 16.7. The van der Waals surface area contributed by atoms with E-state index in [0.717, 1.165) is 64.8 Å². The Morgan fingerprint density at radius 2 is 1.05 bits per heavy atom. The summed E-state index contributed by atoms with van der Waals surface area (Å²) in [5.41, 5.74) is 0. The van der Waals surface area contributed by atoms with Crippen LogP contribution in [-0.4, -0.2) is 87.6 Å². The van der Waals surface area contributed by atoms with Gasteiger partial charge in [0, 0.05) is 35.1 Å². The number of nitrogens with zero attached hydrogens (tertiary/aromatic N) is 4. The second-order valence-corrected chi connectivity index (χ2v) is 17.8. The lowest BCUT2D eigenvalue weighted by Gasteiger charge is -2.22. The van der Waals surface area contributed by atoms with Crippen molar-refractivity contribution in [3.63, 3.8) is 0 Å². The maximum Gasteiger partial charge on any atom is 0.306 e. The van der Waals surface area contributed by atoms with Crippen molar-refractivity contribution < 1.29 is 20.4 Å². The van der Waals surface area contributed by atoms with Gasteiger partial charge in [0.2, 0.25) is 5.96 Å². The molecule has 0 aromatic carbocycles. The Balaban J connectivity index is -0.0000174. The van der Waals surface area contributed by atoms with Crippen LogP contribution in [0.5, 0.6) is 0 Å². The summed E-state index contributed by atoms with van der Waals surface area (Å²) in [5, 5.41) is 11.7. The number of hydrogen-bond acceptors (Lipinski definition) is 7. The van der Waals surface area contributed by atoms with E-state index in [1.807, 2.05) is 25.2 Å². The minimum absolute atomic E-state index is 0. The van der Waals surface area contributed by atoms with Gasteiger partial charge < -0.3 is 24.0 Å². The lowest BCUT2D eigenvalue weighted by Crippen LogP contribution is -2.34. The topological polar surface area (TPSA) is 99.4 Å². The largest absolute Gasteiger partial charge is 0.462 e. The first-order valence-electron chi connectivity index (χ1n) is 25.9. The number of rotatable bonds is 46. The lowest BCUT2D eigenvalue weighted by molar-refractivity contribution is -0.149. The molecule has 2 atom stereocenters. The van der Waals surface area contributed by atoms with E-state index < -0.39 is 0 Å². The van der Waals surface area contributed by atoms with E-state index in [1.165, 1.54) is 173 Å². The molecule has 0 aliphatic heterocycles. The van der Waals surface area contributed by atoms with Gasteiger partial charge in [0.1, 0.15) is 12.9 Å². The van der Waals surface area contributed by atoms with Crippen LogP contribution in [-0.2, 0) is 19.0 Å². The monoisotopic (exact) mass is 866 g/mol. The first-order valence-corrected chi connectivity index (χ1v) is 25.9. The van der Waals surface area contributed by atoms with E-state index in [4.69, 9.17) is 19.5 Å². The van der Waals surface area contributed by atoms with Crippen LogP contribution in [0.2, 0.25) is 0 Å². The van der Waals surface area contributed by atoms with E-state index in [2.05, 4.69) is 42.9 Å². The predicted molar refractivity (Wildman–Crippen MR) is 265 cm³/mol. The number of hydrogen-bond donors (Lipinski definition) is 1. The van der Waals surface area contributed by atoms with Crippen molar-refractivity contribution in [2.24, 2.45) is 4.99 Å². The molecule has 0 aliphatic rings. The summed E-state index contributed by atoms with van der Waals surface area (Å²) in [5.74, 6) is 0.614. The first kappa shape index (κ1) is 61.2. The molecule has 9 nitrogen and oxygen atoms in total. The van der Waals surface area contributed by atoms with Gasteiger partial charge in [-0.05, 0) is 83.8 Å². The molecule has 9 heteroatoms. The zero-order valence-electron chi connectivity index (χ0n) is 40.9. The van der Waals surface area contributed by atoms with Crippen molar-refractivity contribution in [3.05, 3.63) is 0 Å². The first-order chi connectivity index (χ1) is 29.4. The zero-order chi connectivity index (χ0) is 44.0. The van der Waals surface area contributed by atoms with Crippen molar-refractivity contribution in [1.82, 2.24) is 15.1 Å². The predicted octanol–water partition coefficient (Wildman–Crippen LogP) is 14.8. The fraction of sp³-hybridized carbons (Fsp3) is 0.942. The third-order valence-electron chi connectivity index (χ3n) is 11.9. The molecule has 0 rings (SSSR count). The minimum Gasteiger partial charge on any atom is -0.462 e. The van der Waals surface area contributed by atoms with Crippen molar-refractivity contribution in [2.45, 2.75) is 266 Å². The second-order valence-electron chi connectivity index (χ2n) is 17.8. The fourth-order valence-corrected chi connectivity index (χ4v) is 7.92. The second kappa shape index (κ2) is 49.1. The molecule has 0 aromatic heterocycles. The number of carbonyl (C=O) groups excluding carboxylic acids is 1. The molecule has 364 valence electrons. The Morgan fingerprint density at radius 3 is 1.54 bits per heavy atom. The van der Waals surface area contributed by atoms with E-state index in [9.17, 15) is 4.79 Å². The molecule has 0 saturated heterocycles. The Hall–Kier alpha value is -1.89. The van der Waals surface area contributed by atoms with Crippen molar-refractivity contribution in [3.8, 4) is 6.19 Å². The number of unbranched alkanes of at least 4 members (excludes halogenated alkanes) is 23. The van der Waals surface area contributed by atoms with Gasteiger partial charge in [0.15, 0.2) is 6.19 Å². The highest BCUT2D eigenvalue weighted by Crippen LogP contribution is 2.18. The van der Waals surface area contributed by atoms with Gasteiger partial charge in [0.05, 0.1) is 6.10 Å². The SMILES string of the molecule is C.CCCCCCCCC(CCCCCCC)OCOCCCCCCCCN(CCCCCCCC(=O)OC(CC)CCCCCCCC)CCCN=C(NC#N)N(C)C.[HH]. The Kier molecular flexibility index (Phi) is 49.3. The van der Waals surface area contributed by atoms with E-state index in [0.29, 0.717) is 31.8 Å². The normalized spacial score (nSPS) is 12.6. The third-order valence-corrected chi connectivity index (χ3v) is 11.9. The van der Waals surface area contributed by atoms with Gasteiger partial charge in [0.25, 0.3) is 0 Å². The van der Waals surface area contributed by atoms with Crippen LogP contribution in [0, 0.1) is 11.5 Å². The molecule has 0 radical (unpaired) electrons. The van der Waals surface area contributed by atoms with E-state index >= 15 is 0 Å². The average molecular weight is 866 g/mol. The van der Waals surface area contributed by atoms with Gasteiger partial charge >= 0.3 is 5.97 Å². The number of aliphatic imine (C=N–C) groups is 1. The summed E-state index contributed by atoms with van der Waals surface area (Å²) in [4.78, 5) is 21.6. The molecule has 0 aliphatic carbocycles. The maximum absolute atomic E-state index is 12.5. The molecule has 0 aromatic rings. The Labute approximate surface area is 382 Å². The summed E-state index contributed by atoms with van der Waals surface area (Å²) in [6.45, 7) is 14.2. The molecule has 0 fully saturated rings. The molecule has 0 saturated carbocycles. The van der Waals surface area contributed by atoms with Crippen LogP contribution in [0.4, 0.5) is 0 Å². The average Bonchev–Trinajstić information content (AvgIpc) is 3.24. The number of esters is 1. The summed E-state index contributed by atoms with van der Waals surface area (Å²) in [6.07, 6.45) is 43.5. The van der Waals surface area contributed by atoms with Gasteiger partial charge in [-0.2, -0.15) is 5.26 Å². The van der Waals surface area contributed by atoms with Gasteiger partial charge in [-0.3, -0.25) is 15.1 Å². The van der Waals surface area contributed by atoms with Crippen LogP contribution < -0.4 is 5.32 Å². The van der Waals surface area contributed by atoms with Crippen LogP contribution >= 0.6 is 0 Å². The highest BCUT2D eigenvalue weighted by Gasteiger charge is 2.13. The zero-order valence-corrected chi connectivity index (χ0v) is 40.9.